The highest BCUT2D eigenvalue weighted by Crippen LogP contribution is 2.67. The molecule has 0 aromatic heterocycles. The van der Waals surface area contributed by atoms with Gasteiger partial charge in [-0.1, -0.05) is 19.4 Å². The summed E-state index contributed by atoms with van der Waals surface area (Å²) in [6.07, 6.45) is 9.54. The Morgan fingerprint density at radius 2 is 1.88 bits per heavy atom. The second kappa shape index (κ2) is 5.50. The van der Waals surface area contributed by atoms with E-state index in [1.807, 2.05) is 0 Å². The van der Waals surface area contributed by atoms with Crippen molar-refractivity contribution in [2.75, 3.05) is 6.61 Å². The normalized spacial score (nSPS) is 49.0. The first-order valence-corrected chi connectivity index (χ1v) is 9.91. The van der Waals surface area contributed by atoms with E-state index in [1.54, 1.807) is 0 Å². The van der Waals surface area contributed by atoms with Crippen molar-refractivity contribution in [1.82, 2.24) is 0 Å². The number of rotatable bonds is 2. The minimum absolute atomic E-state index is 0.191. The lowest BCUT2D eigenvalue weighted by Gasteiger charge is -2.59. The van der Waals surface area contributed by atoms with Gasteiger partial charge in [0.2, 0.25) is 0 Å². The van der Waals surface area contributed by atoms with Gasteiger partial charge >= 0.3 is 0 Å². The van der Waals surface area contributed by atoms with Crippen LogP contribution in [0, 0.1) is 34.0 Å². The lowest BCUT2D eigenvalue weighted by Crippen LogP contribution is -2.58. The maximum absolute atomic E-state index is 12.4. The molecule has 0 aromatic carbocycles. The number of ketones is 1. The maximum atomic E-state index is 12.4. The van der Waals surface area contributed by atoms with Crippen molar-refractivity contribution in [3.05, 3.63) is 11.6 Å². The minimum Gasteiger partial charge on any atom is -0.388 e. The number of Topliss-reactive ketones (excluding diaryl/α,β-unsaturated/α-hetero) is 1. The quantitative estimate of drug-likeness (QED) is 0.718. The Bertz CT molecular complexity index is 656. The lowest BCUT2D eigenvalue weighted by molar-refractivity contribution is -0.164. The monoisotopic (exact) mass is 345 g/mol. The average Bonchev–Trinajstić information content (AvgIpc) is 2.87. The zero-order valence-corrected chi connectivity index (χ0v) is 15.5. The Labute approximate surface area is 150 Å². The second-order valence-corrected chi connectivity index (χ2v) is 9.46. The average molecular weight is 345 g/mol. The maximum Gasteiger partial charge on any atom is 0.190 e. The molecule has 0 amide bonds. The molecule has 4 heteroatoms. The van der Waals surface area contributed by atoms with Gasteiger partial charge in [-0.05, 0) is 80.6 Å². The van der Waals surface area contributed by atoms with Gasteiger partial charge in [-0.15, -0.1) is 0 Å². The molecule has 138 valence electrons. The van der Waals surface area contributed by atoms with Crippen LogP contribution in [-0.2, 0) is 4.79 Å². The zero-order valence-electron chi connectivity index (χ0n) is 15.5. The number of aliphatic hydroxyl groups is 2. The first-order chi connectivity index (χ1) is 11.8. The van der Waals surface area contributed by atoms with Gasteiger partial charge in [-0.25, -0.2) is 0 Å². The van der Waals surface area contributed by atoms with Gasteiger partial charge in [-0.3, -0.25) is 4.79 Å². The molecule has 0 bridgehead atoms. The Morgan fingerprint density at radius 3 is 2.60 bits per heavy atom. The molecule has 0 spiro atoms. The summed E-state index contributed by atoms with van der Waals surface area (Å²) >= 11 is 0. The number of hydrogen-bond donors (Lipinski definition) is 3. The summed E-state index contributed by atoms with van der Waals surface area (Å²) in [6, 6.07) is 0. The van der Waals surface area contributed by atoms with E-state index >= 15 is 0 Å². The number of carbonyl (C=O) groups excluding carboxylic acids is 1. The number of hydrogen-bond acceptors (Lipinski definition) is 4. The summed E-state index contributed by atoms with van der Waals surface area (Å²) in [4.78, 5) is 12.4. The highest BCUT2D eigenvalue weighted by molar-refractivity contribution is 5.94. The first-order valence-electron chi connectivity index (χ1n) is 9.91. The van der Waals surface area contributed by atoms with Crippen molar-refractivity contribution in [3.8, 4) is 0 Å². The minimum atomic E-state index is -1.34. The molecule has 0 aliphatic heterocycles. The van der Waals surface area contributed by atoms with Crippen molar-refractivity contribution in [3.63, 3.8) is 0 Å². The number of carbonyl (C=O) groups is 1. The molecule has 4 aliphatic carbocycles. The Hall–Kier alpha value is -1.00. The predicted octanol–water partition coefficient (Wildman–Crippen LogP) is 3.26. The third-order valence-corrected chi connectivity index (χ3v) is 8.75. The summed E-state index contributed by atoms with van der Waals surface area (Å²) in [6.45, 7) is 3.93. The molecule has 0 heterocycles. The molecule has 4 nitrogen and oxygen atoms in total. The number of nitrogens with one attached hydrogen (secondary N) is 1. The van der Waals surface area contributed by atoms with Crippen LogP contribution >= 0.6 is 0 Å². The molecule has 0 aromatic rings. The van der Waals surface area contributed by atoms with Gasteiger partial charge in [-0.2, -0.15) is 0 Å². The van der Waals surface area contributed by atoms with Crippen LogP contribution < -0.4 is 0 Å². The molecule has 6 atom stereocenters. The van der Waals surface area contributed by atoms with Gasteiger partial charge in [0.05, 0.1) is 0 Å². The summed E-state index contributed by atoms with van der Waals surface area (Å²) in [7, 11) is 0. The fourth-order valence-electron chi connectivity index (χ4n) is 7.19. The topological polar surface area (TPSA) is 81.4 Å². The van der Waals surface area contributed by atoms with E-state index in [2.05, 4.69) is 19.9 Å². The third-order valence-electron chi connectivity index (χ3n) is 8.75. The highest BCUT2D eigenvalue weighted by atomic mass is 16.3. The van der Waals surface area contributed by atoms with Crippen molar-refractivity contribution in [2.24, 2.45) is 28.6 Å². The van der Waals surface area contributed by atoms with Crippen LogP contribution in [0.3, 0.4) is 0 Å². The fourth-order valence-corrected chi connectivity index (χ4v) is 7.19. The molecule has 3 N–H and O–H groups in total. The van der Waals surface area contributed by atoms with E-state index in [4.69, 9.17) is 5.41 Å². The predicted molar refractivity (Wildman–Crippen MR) is 96.5 cm³/mol. The van der Waals surface area contributed by atoms with E-state index < -0.39 is 17.6 Å². The largest absolute Gasteiger partial charge is 0.388 e. The van der Waals surface area contributed by atoms with E-state index in [9.17, 15) is 15.0 Å². The van der Waals surface area contributed by atoms with E-state index in [0.717, 1.165) is 50.7 Å². The molecule has 4 rings (SSSR count). The lowest BCUT2D eigenvalue weighted by atomic mass is 9.46. The van der Waals surface area contributed by atoms with Crippen LogP contribution in [0.1, 0.15) is 65.2 Å². The van der Waals surface area contributed by atoms with Crippen molar-refractivity contribution in [2.45, 2.75) is 70.8 Å². The fraction of sp³-hybridized carbons (Fsp3) is 0.810. The van der Waals surface area contributed by atoms with Crippen LogP contribution in [0.4, 0.5) is 0 Å². The van der Waals surface area contributed by atoms with E-state index in [1.165, 1.54) is 5.57 Å². The molecular formula is C21H31NO3. The number of fused-ring (bicyclic) bond motifs is 5. The van der Waals surface area contributed by atoms with Crippen molar-refractivity contribution in [1.29, 1.82) is 5.41 Å². The molecule has 0 radical (unpaired) electrons. The molecule has 3 saturated carbocycles. The molecular weight excluding hydrogens is 314 g/mol. The van der Waals surface area contributed by atoms with Crippen LogP contribution in [-0.4, -0.2) is 33.9 Å². The Balaban J connectivity index is 1.68. The standard InChI is InChI=1S/C21H31NO3/c1-19-8-5-14(22)11-13(19)3-4-15-16(19)6-9-20(2)17(15)7-10-21(20,25)18(24)12-23/h11,15-17,22-23,25H,3-10,12H2,1-2H3. The van der Waals surface area contributed by atoms with Crippen LogP contribution in [0.5, 0.6) is 0 Å². The van der Waals surface area contributed by atoms with Gasteiger partial charge in [0.1, 0.15) is 12.2 Å². The van der Waals surface area contributed by atoms with E-state index in [-0.39, 0.29) is 11.2 Å². The van der Waals surface area contributed by atoms with Crippen LogP contribution in [0.25, 0.3) is 0 Å². The first kappa shape index (κ1) is 17.4. The second-order valence-electron chi connectivity index (χ2n) is 9.46. The van der Waals surface area contributed by atoms with Crippen LogP contribution in [0.15, 0.2) is 11.6 Å². The Morgan fingerprint density at radius 1 is 1.16 bits per heavy atom. The number of aliphatic hydroxyl groups excluding tert-OH is 1. The highest BCUT2D eigenvalue weighted by Gasteiger charge is 2.65. The molecule has 0 saturated heterocycles. The SMILES string of the molecule is CC12CCC(=N)C=C1CCC1C2CCC2(C)C1CCC2(O)C(=O)CO. The third kappa shape index (κ3) is 2.13. The van der Waals surface area contributed by atoms with Gasteiger partial charge < -0.3 is 15.6 Å². The van der Waals surface area contributed by atoms with Crippen molar-refractivity contribution < 1.29 is 15.0 Å². The molecule has 3 fully saturated rings. The summed E-state index contributed by atoms with van der Waals surface area (Å²) in [5.74, 6) is 1.13. The molecule has 4 aliphatic rings. The number of allylic oxidation sites excluding steroid dienone is 2. The zero-order chi connectivity index (χ0) is 18.0. The van der Waals surface area contributed by atoms with Gasteiger partial charge in [0, 0.05) is 11.1 Å². The molecule has 25 heavy (non-hydrogen) atoms. The summed E-state index contributed by atoms with van der Waals surface area (Å²) in [5.41, 5.74) is 0.690. The van der Waals surface area contributed by atoms with E-state index in [0.29, 0.717) is 24.2 Å². The van der Waals surface area contributed by atoms with Gasteiger partial charge in [0.15, 0.2) is 5.78 Å². The van der Waals surface area contributed by atoms with Crippen LogP contribution in [0.2, 0.25) is 0 Å². The summed E-state index contributed by atoms with van der Waals surface area (Å²) in [5, 5.41) is 28.6. The van der Waals surface area contributed by atoms with Crippen molar-refractivity contribution >= 4 is 11.5 Å². The Kier molecular flexibility index (Phi) is 3.83. The molecule has 6 unspecified atom stereocenters. The smallest absolute Gasteiger partial charge is 0.190 e. The summed E-state index contributed by atoms with van der Waals surface area (Å²) < 4.78 is 0. The van der Waals surface area contributed by atoms with Gasteiger partial charge in [0.25, 0.3) is 0 Å².